The molecule has 26 heavy (non-hydrogen) atoms. The Labute approximate surface area is 149 Å². The van der Waals surface area contributed by atoms with Crippen LogP contribution >= 0.6 is 0 Å². The summed E-state index contributed by atoms with van der Waals surface area (Å²) in [4.78, 5) is 13.9. The highest BCUT2D eigenvalue weighted by Crippen LogP contribution is 2.28. The molecule has 0 aliphatic carbocycles. The van der Waals surface area contributed by atoms with E-state index >= 15 is 0 Å². The van der Waals surface area contributed by atoms with Crippen molar-refractivity contribution in [3.63, 3.8) is 0 Å². The lowest BCUT2D eigenvalue weighted by Gasteiger charge is -2.09. The first-order valence-corrected chi connectivity index (χ1v) is 8.27. The molecule has 0 amide bonds. The maximum absolute atomic E-state index is 4.75. The van der Waals surface area contributed by atoms with E-state index in [0.29, 0.717) is 17.5 Å². The molecule has 124 valence electrons. The average Bonchev–Trinajstić information content (AvgIpc) is 3.11. The molecule has 2 aromatic carbocycles. The summed E-state index contributed by atoms with van der Waals surface area (Å²) in [6, 6.07) is 21.7. The van der Waals surface area contributed by atoms with Crippen molar-refractivity contribution in [3.05, 3.63) is 72.9 Å². The second-order valence-corrected chi connectivity index (χ2v) is 5.88. The van der Waals surface area contributed by atoms with E-state index in [1.165, 1.54) is 0 Å². The molecule has 0 unspecified atom stereocenters. The standard InChI is InChI=1S/C20H14N6/c1-2-7-13(8-3-1)18-22-15-10-5-4-9-14(15)19(23-18)24-20-17-16(25-26-20)11-6-12-21-17/h1-12H,(H2,22,23,24,25,26). The fourth-order valence-corrected chi connectivity index (χ4v) is 2.94. The molecule has 0 saturated carbocycles. The molecular weight excluding hydrogens is 324 g/mol. The van der Waals surface area contributed by atoms with Gasteiger partial charge in [0.2, 0.25) is 0 Å². The van der Waals surface area contributed by atoms with Gasteiger partial charge < -0.3 is 5.32 Å². The van der Waals surface area contributed by atoms with Gasteiger partial charge >= 0.3 is 0 Å². The van der Waals surface area contributed by atoms with Crippen molar-refractivity contribution < 1.29 is 0 Å². The molecule has 5 rings (SSSR count). The quantitative estimate of drug-likeness (QED) is 0.512. The highest BCUT2D eigenvalue weighted by molar-refractivity contribution is 5.95. The van der Waals surface area contributed by atoms with Crippen molar-refractivity contribution in [2.45, 2.75) is 0 Å². The van der Waals surface area contributed by atoms with E-state index in [4.69, 9.17) is 9.97 Å². The minimum Gasteiger partial charge on any atom is -0.321 e. The molecule has 0 saturated heterocycles. The summed E-state index contributed by atoms with van der Waals surface area (Å²) in [7, 11) is 0. The summed E-state index contributed by atoms with van der Waals surface area (Å²) in [5.41, 5.74) is 3.48. The van der Waals surface area contributed by atoms with Crippen LogP contribution in [0.2, 0.25) is 0 Å². The number of rotatable bonds is 3. The third-order valence-electron chi connectivity index (χ3n) is 4.19. The first-order valence-electron chi connectivity index (χ1n) is 8.27. The Hall–Kier alpha value is -3.80. The predicted molar refractivity (Wildman–Crippen MR) is 102 cm³/mol. The van der Waals surface area contributed by atoms with Gasteiger partial charge in [0.15, 0.2) is 11.6 Å². The number of para-hydroxylation sites is 1. The summed E-state index contributed by atoms with van der Waals surface area (Å²) < 4.78 is 0. The Morgan fingerprint density at radius 1 is 0.769 bits per heavy atom. The van der Waals surface area contributed by atoms with E-state index in [1.54, 1.807) is 6.20 Å². The molecule has 2 N–H and O–H groups in total. The maximum Gasteiger partial charge on any atom is 0.180 e. The monoisotopic (exact) mass is 338 g/mol. The fourth-order valence-electron chi connectivity index (χ4n) is 2.94. The second-order valence-electron chi connectivity index (χ2n) is 5.88. The van der Waals surface area contributed by atoms with Crippen molar-refractivity contribution in [2.75, 3.05) is 5.32 Å². The van der Waals surface area contributed by atoms with Crippen LogP contribution in [0.1, 0.15) is 0 Å². The maximum atomic E-state index is 4.75. The van der Waals surface area contributed by atoms with Gasteiger partial charge in [0.05, 0.1) is 11.0 Å². The van der Waals surface area contributed by atoms with Gasteiger partial charge in [-0.05, 0) is 24.3 Å². The zero-order valence-electron chi connectivity index (χ0n) is 13.7. The van der Waals surface area contributed by atoms with Gasteiger partial charge in [-0.15, -0.1) is 0 Å². The number of aromatic nitrogens is 5. The van der Waals surface area contributed by atoms with Gasteiger partial charge in [-0.25, -0.2) is 9.97 Å². The molecule has 0 bridgehead atoms. The van der Waals surface area contributed by atoms with Crippen LogP contribution in [0.4, 0.5) is 11.6 Å². The van der Waals surface area contributed by atoms with Crippen molar-refractivity contribution >= 4 is 33.6 Å². The highest BCUT2D eigenvalue weighted by atomic mass is 15.2. The topological polar surface area (TPSA) is 79.4 Å². The van der Waals surface area contributed by atoms with E-state index in [2.05, 4.69) is 20.5 Å². The van der Waals surface area contributed by atoms with Gasteiger partial charge in [-0.2, -0.15) is 5.10 Å². The van der Waals surface area contributed by atoms with Gasteiger partial charge in [0, 0.05) is 17.1 Å². The number of H-pyrrole nitrogens is 1. The number of benzene rings is 2. The molecule has 0 fully saturated rings. The molecular formula is C20H14N6. The van der Waals surface area contributed by atoms with Gasteiger partial charge in [-0.3, -0.25) is 10.1 Å². The molecule has 0 radical (unpaired) electrons. The summed E-state index contributed by atoms with van der Waals surface area (Å²) in [5.74, 6) is 2.01. The van der Waals surface area contributed by atoms with Crippen molar-refractivity contribution in [2.24, 2.45) is 0 Å². The minimum atomic E-state index is 0.642. The summed E-state index contributed by atoms with van der Waals surface area (Å²) in [5, 5.41) is 11.6. The van der Waals surface area contributed by atoms with Crippen molar-refractivity contribution in [3.8, 4) is 11.4 Å². The van der Waals surface area contributed by atoms with Crippen LogP contribution in [0.3, 0.4) is 0 Å². The van der Waals surface area contributed by atoms with Gasteiger partial charge in [-0.1, -0.05) is 42.5 Å². The molecule has 0 aliphatic heterocycles. The van der Waals surface area contributed by atoms with E-state index in [0.717, 1.165) is 27.5 Å². The lowest BCUT2D eigenvalue weighted by Crippen LogP contribution is -2.00. The lowest BCUT2D eigenvalue weighted by molar-refractivity contribution is 1.11. The Bertz CT molecular complexity index is 1210. The minimum absolute atomic E-state index is 0.642. The Morgan fingerprint density at radius 3 is 2.54 bits per heavy atom. The molecule has 6 heteroatoms. The summed E-state index contributed by atoms with van der Waals surface area (Å²) >= 11 is 0. The third kappa shape index (κ3) is 2.44. The normalized spacial score (nSPS) is 11.1. The molecule has 0 spiro atoms. The highest BCUT2D eigenvalue weighted by Gasteiger charge is 2.12. The summed E-state index contributed by atoms with van der Waals surface area (Å²) in [6.07, 6.45) is 1.75. The number of hydrogen-bond donors (Lipinski definition) is 2. The smallest absolute Gasteiger partial charge is 0.180 e. The zero-order valence-corrected chi connectivity index (χ0v) is 13.7. The molecule has 5 aromatic rings. The van der Waals surface area contributed by atoms with Crippen molar-refractivity contribution in [1.82, 2.24) is 25.1 Å². The van der Waals surface area contributed by atoms with Crippen LogP contribution < -0.4 is 5.32 Å². The number of pyridine rings is 1. The van der Waals surface area contributed by atoms with E-state index in [1.807, 2.05) is 66.7 Å². The second kappa shape index (κ2) is 5.93. The van der Waals surface area contributed by atoms with E-state index in [9.17, 15) is 0 Å². The van der Waals surface area contributed by atoms with Crippen LogP contribution in [-0.4, -0.2) is 25.1 Å². The molecule has 3 aromatic heterocycles. The fraction of sp³-hybridized carbons (Fsp3) is 0. The Morgan fingerprint density at radius 2 is 1.62 bits per heavy atom. The number of nitrogens with one attached hydrogen (secondary N) is 2. The van der Waals surface area contributed by atoms with E-state index < -0.39 is 0 Å². The number of aromatic amines is 1. The predicted octanol–water partition coefficient (Wildman–Crippen LogP) is 4.31. The average molecular weight is 338 g/mol. The van der Waals surface area contributed by atoms with Crippen molar-refractivity contribution in [1.29, 1.82) is 0 Å². The molecule has 3 heterocycles. The first-order chi connectivity index (χ1) is 12.9. The number of anilines is 2. The number of fused-ring (bicyclic) bond motifs is 2. The van der Waals surface area contributed by atoms with Crippen LogP contribution in [-0.2, 0) is 0 Å². The number of hydrogen-bond acceptors (Lipinski definition) is 5. The SMILES string of the molecule is c1ccc(-c2nc(Nc3n[nH]c4cccnc34)c3ccccc3n2)cc1. The Balaban J connectivity index is 1.68. The largest absolute Gasteiger partial charge is 0.321 e. The Kier molecular flexibility index (Phi) is 3.31. The van der Waals surface area contributed by atoms with Gasteiger partial charge in [0.1, 0.15) is 11.3 Å². The van der Waals surface area contributed by atoms with Crippen LogP contribution in [0.5, 0.6) is 0 Å². The van der Waals surface area contributed by atoms with Crippen LogP contribution in [0, 0.1) is 0 Å². The van der Waals surface area contributed by atoms with Crippen LogP contribution in [0.15, 0.2) is 72.9 Å². The summed E-state index contributed by atoms with van der Waals surface area (Å²) in [6.45, 7) is 0. The molecule has 6 nitrogen and oxygen atoms in total. The van der Waals surface area contributed by atoms with E-state index in [-0.39, 0.29) is 0 Å². The third-order valence-corrected chi connectivity index (χ3v) is 4.19. The first kappa shape index (κ1) is 14.5. The number of nitrogens with zero attached hydrogens (tertiary/aromatic N) is 4. The molecule has 0 aliphatic rings. The molecule has 0 atom stereocenters. The van der Waals surface area contributed by atoms with Crippen LogP contribution in [0.25, 0.3) is 33.3 Å². The zero-order chi connectivity index (χ0) is 17.3. The van der Waals surface area contributed by atoms with Gasteiger partial charge in [0.25, 0.3) is 0 Å². The lowest BCUT2D eigenvalue weighted by atomic mass is 10.2.